The van der Waals surface area contributed by atoms with Crippen LogP contribution in [-0.4, -0.2) is 10.9 Å². The molecule has 0 fully saturated rings. The molecule has 0 radical (unpaired) electrons. The SMILES string of the molecule is CC(=O)Nc1cc(C)c2nc(C)ccc2c1. The minimum atomic E-state index is -0.0566. The summed E-state index contributed by atoms with van der Waals surface area (Å²) in [5, 5.41) is 3.84. The third-order valence-corrected chi connectivity index (χ3v) is 2.44. The summed E-state index contributed by atoms with van der Waals surface area (Å²) in [7, 11) is 0. The Balaban J connectivity index is 2.59. The number of fused-ring (bicyclic) bond motifs is 1. The fraction of sp³-hybridized carbons (Fsp3) is 0.231. The van der Waals surface area contributed by atoms with E-state index in [1.807, 2.05) is 38.1 Å². The van der Waals surface area contributed by atoms with Gasteiger partial charge in [0.05, 0.1) is 5.52 Å². The van der Waals surface area contributed by atoms with Gasteiger partial charge in [0.15, 0.2) is 0 Å². The van der Waals surface area contributed by atoms with E-state index in [1.54, 1.807) is 0 Å². The van der Waals surface area contributed by atoms with Gasteiger partial charge in [-0.2, -0.15) is 0 Å². The second-order valence-corrected chi connectivity index (χ2v) is 4.00. The molecule has 2 aromatic rings. The lowest BCUT2D eigenvalue weighted by molar-refractivity contribution is -0.114. The number of hydrogen-bond donors (Lipinski definition) is 1. The number of nitrogens with zero attached hydrogens (tertiary/aromatic N) is 1. The van der Waals surface area contributed by atoms with Gasteiger partial charge in [0.25, 0.3) is 0 Å². The van der Waals surface area contributed by atoms with Crippen molar-refractivity contribution in [3.63, 3.8) is 0 Å². The quantitative estimate of drug-likeness (QED) is 0.793. The molecule has 0 spiro atoms. The zero-order valence-electron chi connectivity index (χ0n) is 9.66. The number of benzene rings is 1. The molecule has 1 amide bonds. The lowest BCUT2D eigenvalue weighted by atomic mass is 10.1. The van der Waals surface area contributed by atoms with Crippen LogP contribution in [0.25, 0.3) is 10.9 Å². The van der Waals surface area contributed by atoms with Gasteiger partial charge in [-0.3, -0.25) is 9.78 Å². The highest BCUT2D eigenvalue weighted by Gasteiger charge is 2.03. The topological polar surface area (TPSA) is 42.0 Å². The van der Waals surface area contributed by atoms with E-state index in [0.717, 1.165) is 27.8 Å². The fourth-order valence-corrected chi connectivity index (χ4v) is 1.79. The van der Waals surface area contributed by atoms with Crippen molar-refractivity contribution in [2.24, 2.45) is 0 Å². The van der Waals surface area contributed by atoms with Crippen LogP contribution in [0.1, 0.15) is 18.2 Å². The van der Waals surface area contributed by atoms with Crippen LogP contribution in [0, 0.1) is 13.8 Å². The van der Waals surface area contributed by atoms with E-state index in [2.05, 4.69) is 10.3 Å². The number of anilines is 1. The maximum atomic E-state index is 11.0. The predicted octanol–water partition coefficient (Wildman–Crippen LogP) is 2.81. The highest BCUT2D eigenvalue weighted by atomic mass is 16.1. The minimum Gasteiger partial charge on any atom is -0.326 e. The van der Waals surface area contributed by atoms with Crippen molar-refractivity contribution in [2.75, 3.05) is 5.32 Å². The van der Waals surface area contributed by atoms with Crippen LogP contribution in [0.2, 0.25) is 0 Å². The number of amides is 1. The van der Waals surface area contributed by atoms with Gasteiger partial charge >= 0.3 is 0 Å². The Morgan fingerprint density at radius 1 is 1.25 bits per heavy atom. The molecule has 3 heteroatoms. The van der Waals surface area contributed by atoms with E-state index in [9.17, 15) is 4.79 Å². The first-order valence-corrected chi connectivity index (χ1v) is 5.22. The average molecular weight is 214 g/mol. The maximum absolute atomic E-state index is 11.0. The van der Waals surface area contributed by atoms with Gasteiger partial charge in [-0.1, -0.05) is 6.07 Å². The lowest BCUT2D eigenvalue weighted by Gasteiger charge is -2.07. The predicted molar refractivity (Wildman–Crippen MR) is 65.5 cm³/mol. The molecule has 2 rings (SSSR count). The highest BCUT2D eigenvalue weighted by Crippen LogP contribution is 2.22. The molecule has 0 aliphatic carbocycles. The van der Waals surface area contributed by atoms with E-state index < -0.39 is 0 Å². The first-order chi connectivity index (χ1) is 7.56. The van der Waals surface area contributed by atoms with Crippen molar-refractivity contribution in [2.45, 2.75) is 20.8 Å². The van der Waals surface area contributed by atoms with Crippen LogP contribution in [0.3, 0.4) is 0 Å². The molecule has 0 aliphatic rings. The smallest absolute Gasteiger partial charge is 0.221 e. The summed E-state index contributed by atoms with van der Waals surface area (Å²) in [5.41, 5.74) is 3.89. The van der Waals surface area contributed by atoms with E-state index in [0.29, 0.717) is 0 Å². The third-order valence-electron chi connectivity index (χ3n) is 2.44. The first kappa shape index (κ1) is 10.6. The summed E-state index contributed by atoms with van der Waals surface area (Å²) in [5.74, 6) is -0.0566. The highest BCUT2D eigenvalue weighted by molar-refractivity contribution is 5.93. The molecule has 0 atom stereocenters. The van der Waals surface area contributed by atoms with Crippen molar-refractivity contribution >= 4 is 22.5 Å². The molecular weight excluding hydrogens is 200 g/mol. The molecule has 3 nitrogen and oxygen atoms in total. The Morgan fingerprint density at radius 3 is 2.69 bits per heavy atom. The summed E-state index contributed by atoms with van der Waals surface area (Å²) in [6.07, 6.45) is 0. The second kappa shape index (κ2) is 3.93. The van der Waals surface area contributed by atoms with Crippen molar-refractivity contribution in [1.82, 2.24) is 4.98 Å². The molecule has 1 aromatic carbocycles. The Kier molecular flexibility index (Phi) is 2.60. The van der Waals surface area contributed by atoms with Crippen molar-refractivity contribution in [1.29, 1.82) is 0 Å². The Hall–Kier alpha value is -1.90. The van der Waals surface area contributed by atoms with Crippen LogP contribution in [0.15, 0.2) is 24.3 Å². The van der Waals surface area contributed by atoms with E-state index in [-0.39, 0.29) is 5.91 Å². The molecule has 0 unspecified atom stereocenters. The van der Waals surface area contributed by atoms with Crippen LogP contribution >= 0.6 is 0 Å². The number of hydrogen-bond acceptors (Lipinski definition) is 2. The molecule has 0 saturated carbocycles. The molecule has 1 heterocycles. The summed E-state index contributed by atoms with van der Waals surface area (Å²) in [6, 6.07) is 7.88. The minimum absolute atomic E-state index is 0.0566. The van der Waals surface area contributed by atoms with Crippen molar-refractivity contribution < 1.29 is 4.79 Å². The van der Waals surface area contributed by atoms with Crippen LogP contribution in [0.5, 0.6) is 0 Å². The Labute approximate surface area is 94.5 Å². The zero-order valence-corrected chi connectivity index (χ0v) is 9.66. The van der Waals surface area contributed by atoms with Gasteiger partial charge in [-0.25, -0.2) is 0 Å². The number of aromatic nitrogens is 1. The Morgan fingerprint density at radius 2 is 2.00 bits per heavy atom. The molecule has 82 valence electrons. The second-order valence-electron chi connectivity index (χ2n) is 4.00. The molecule has 1 aromatic heterocycles. The molecule has 16 heavy (non-hydrogen) atoms. The molecule has 0 aliphatic heterocycles. The number of aryl methyl sites for hydroxylation is 2. The van der Waals surface area contributed by atoms with Crippen LogP contribution < -0.4 is 5.32 Å². The van der Waals surface area contributed by atoms with Gasteiger partial charge in [0, 0.05) is 23.7 Å². The van der Waals surface area contributed by atoms with E-state index in [1.165, 1.54) is 6.92 Å². The molecular formula is C13H14N2O. The number of carbonyl (C=O) groups excluding carboxylic acids is 1. The van der Waals surface area contributed by atoms with Crippen LogP contribution in [0.4, 0.5) is 5.69 Å². The standard InChI is InChI=1S/C13H14N2O/c1-8-6-12(15-10(3)16)7-11-5-4-9(2)14-13(8)11/h4-7H,1-3H3,(H,15,16). The van der Waals surface area contributed by atoms with Gasteiger partial charge < -0.3 is 5.32 Å². The number of nitrogens with one attached hydrogen (secondary N) is 1. The molecule has 1 N–H and O–H groups in total. The zero-order chi connectivity index (χ0) is 11.7. The monoisotopic (exact) mass is 214 g/mol. The number of carbonyl (C=O) groups is 1. The lowest BCUT2D eigenvalue weighted by Crippen LogP contribution is -2.06. The summed E-state index contributed by atoms with van der Waals surface area (Å²) < 4.78 is 0. The normalized spacial score (nSPS) is 10.4. The average Bonchev–Trinajstić information content (AvgIpc) is 2.18. The number of pyridine rings is 1. The summed E-state index contributed by atoms with van der Waals surface area (Å²) in [6.45, 7) is 5.48. The summed E-state index contributed by atoms with van der Waals surface area (Å²) >= 11 is 0. The van der Waals surface area contributed by atoms with E-state index in [4.69, 9.17) is 0 Å². The van der Waals surface area contributed by atoms with Crippen molar-refractivity contribution in [3.8, 4) is 0 Å². The summed E-state index contributed by atoms with van der Waals surface area (Å²) in [4.78, 5) is 15.5. The molecule has 0 saturated heterocycles. The van der Waals surface area contributed by atoms with Crippen LogP contribution in [-0.2, 0) is 4.79 Å². The molecule has 0 bridgehead atoms. The van der Waals surface area contributed by atoms with Gasteiger partial charge in [0.1, 0.15) is 0 Å². The third kappa shape index (κ3) is 2.03. The van der Waals surface area contributed by atoms with Gasteiger partial charge in [-0.05, 0) is 37.6 Å². The van der Waals surface area contributed by atoms with Gasteiger partial charge in [0.2, 0.25) is 5.91 Å². The fourth-order valence-electron chi connectivity index (χ4n) is 1.79. The maximum Gasteiger partial charge on any atom is 0.221 e. The van der Waals surface area contributed by atoms with Crippen molar-refractivity contribution in [3.05, 3.63) is 35.5 Å². The largest absolute Gasteiger partial charge is 0.326 e. The first-order valence-electron chi connectivity index (χ1n) is 5.22. The Bertz CT molecular complexity index is 561. The van der Waals surface area contributed by atoms with E-state index >= 15 is 0 Å². The van der Waals surface area contributed by atoms with Gasteiger partial charge in [-0.15, -0.1) is 0 Å². The number of rotatable bonds is 1.